The molecule has 4 aromatic rings. The average molecular weight is 598 g/mol. The number of likely N-dealkylation sites (N-methyl/N-ethyl adjacent to an activating group) is 1. The molecule has 4 aromatic carbocycles. The second-order valence-electron chi connectivity index (χ2n) is 10.8. The van der Waals surface area contributed by atoms with E-state index in [9.17, 15) is 18.0 Å². The summed E-state index contributed by atoms with van der Waals surface area (Å²) in [7, 11) is -4.12. The Kier molecular flexibility index (Phi) is 10.4. The number of hydrogen-bond donors (Lipinski definition) is 1. The van der Waals surface area contributed by atoms with Crippen molar-refractivity contribution in [2.24, 2.45) is 0 Å². The summed E-state index contributed by atoms with van der Waals surface area (Å²) in [5.74, 6) is -0.776. The molecule has 0 radical (unpaired) electrons. The van der Waals surface area contributed by atoms with Gasteiger partial charge in [-0.1, -0.05) is 84.4 Å². The summed E-state index contributed by atoms with van der Waals surface area (Å²) in [5, 5.41) is 2.89. The third-order valence-corrected chi connectivity index (χ3v) is 8.99. The summed E-state index contributed by atoms with van der Waals surface area (Å²) in [6, 6.07) is 30.0. The van der Waals surface area contributed by atoms with Crippen LogP contribution in [0.4, 0.5) is 5.69 Å². The fourth-order valence-corrected chi connectivity index (χ4v) is 6.50. The van der Waals surface area contributed by atoms with Crippen LogP contribution in [0.5, 0.6) is 0 Å². The minimum Gasteiger partial charge on any atom is -0.355 e. The van der Waals surface area contributed by atoms with Gasteiger partial charge in [0.25, 0.3) is 10.0 Å². The molecule has 43 heavy (non-hydrogen) atoms. The molecule has 8 heteroatoms. The van der Waals surface area contributed by atoms with Gasteiger partial charge in [0.05, 0.1) is 10.6 Å². The third kappa shape index (κ3) is 8.11. The van der Waals surface area contributed by atoms with Crippen LogP contribution in [0.15, 0.2) is 108 Å². The highest BCUT2D eigenvalue weighted by Gasteiger charge is 2.34. The number of hydrogen-bond acceptors (Lipinski definition) is 4. The maximum Gasteiger partial charge on any atom is 0.264 e. The second kappa shape index (κ2) is 14.2. The molecule has 0 aliphatic rings. The fourth-order valence-electron chi connectivity index (χ4n) is 5.08. The summed E-state index contributed by atoms with van der Waals surface area (Å²) in [6.07, 6.45) is 0.277. The van der Waals surface area contributed by atoms with Crippen LogP contribution in [-0.4, -0.2) is 44.3 Å². The number of aryl methyl sites for hydroxylation is 3. The Morgan fingerprint density at radius 3 is 1.91 bits per heavy atom. The summed E-state index contributed by atoms with van der Waals surface area (Å²) in [6.45, 7) is 7.65. The quantitative estimate of drug-likeness (QED) is 0.231. The maximum absolute atomic E-state index is 14.4. The summed E-state index contributed by atoms with van der Waals surface area (Å²) >= 11 is 0. The van der Waals surface area contributed by atoms with E-state index < -0.39 is 28.5 Å². The van der Waals surface area contributed by atoms with Crippen molar-refractivity contribution in [2.75, 3.05) is 17.4 Å². The Morgan fingerprint density at radius 1 is 0.744 bits per heavy atom. The first-order valence-electron chi connectivity index (χ1n) is 14.4. The standard InChI is InChI=1S/C35H39N3O4S/c1-5-36-35(40)33(23-29-12-8-6-9-13-29)37(24-30-18-16-26(2)17-19-30)34(39)25-38(31-21-27(3)20-28(4)22-31)43(41,42)32-14-10-7-11-15-32/h6-22,33H,5,23-25H2,1-4H3,(H,36,40)/t33-/m1/s1. The summed E-state index contributed by atoms with van der Waals surface area (Å²) in [4.78, 5) is 29.6. The van der Waals surface area contributed by atoms with Gasteiger partial charge in [-0.2, -0.15) is 0 Å². The van der Waals surface area contributed by atoms with Crippen LogP contribution >= 0.6 is 0 Å². The highest BCUT2D eigenvalue weighted by atomic mass is 32.2. The molecule has 0 unspecified atom stereocenters. The topological polar surface area (TPSA) is 86.8 Å². The number of amides is 2. The molecule has 4 rings (SSSR count). The van der Waals surface area contributed by atoms with Crippen LogP contribution < -0.4 is 9.62 Å². The number of carbonyl (C=O) groups is 2. The van der Waals surface area contributed by atoms with Gasteiger partial charge in [0.2, 0.25) is 11.8 Å². The Balaban J connectivity index is 1.81. The first-order valence-corrected chi connectivity index (χ1v) is 15.8. The molecule has 0 saturated carbocycles. The molecule has 2 amide bonds. The van der Waals surface area contributed by atoms with Crippen molar-refractivity contribution in [3.63, 3.8) is 0 Å². The Labute approximate surface area is 255 Å². The number of anilines is 1. The molecular formula is C35H39N3O4S. The molecule has 0 aromatic heterocycles. The van der Waals surface area contributed by atoms with Gasteiger partial charge in [-0.15, -0.1) is 0 Å². The van der Waals surface area contributed by atoms with Crippen LogP contribution in [0.1, 0.15) is 34.7 Å². The number of nitrogens with one attached hydrogen (secondary N) is 1. The van der Waals surface area contributed by atoms with E-state index in [1.165, 1.54) is 17.0 Å². The highest BCUT2D eigenvalue weighted by Crippen LogP contribution is 2.27. The van der Waals surface area contributed by atoms with Crippen LogP contribution in [-0.2, 0) is 32.6 Å². The van der Waals surface area contributed by atoms with Crippen LogP contribution in [0, 0.1) is 20.8 Å². The van der Waals surface area contributed by atoms with Gasteiger partial charge in [-0.25, -0.2) is 8.42 Å². The molecule has 0 heterocycles. The molecule has 0 aliphatic carbocycles. The third-order valence-electron chi connectivity index (χ3n) is 7.20. The SMILES string of the molecule is CCNC(=O)[C@@H](Cc1ccccc1)N(Cc1ccc(C)cc1)C(=O)CN(c1cc(C)cc(C)c1)S(=O)(=O)c1ccccc1. The Morgan fingerprint density at radius 2 is 1.33 bits per heavy atom. The minimum absolute atomic E-state index is 0.0802. The van der Waals surface area contributed by atoms with E-state index in [1.54, 1.807) is 30.3 Å². The first kappa shape index (κ1) is 31.5. The van der Waals surface area contributed by atoms with Gasteiger partial charge in [0.1, 0.15) is 12.6 Å². The summed E-state index contributed by atoms with van der Waals surface area (Å²) in [5.41, 5.74) is 4.94. The zero-order chi connectivity index (χ0) is 31.0. The zero-order valence-corrected chi connectivity index (χ0v) is 26.0. The first-order chi connectivity index (χ1) is 20.6. The lowest BCUT2D eigenvalue weighted by Crippen LogP contribution is -2.53. The number of nitrogens with zero attached hydrogens (tertiary/aromatic N) is 2. The molecule has 224 valence electrons. The van der Waals surface area contributed by atoms with Gasteiger partial charge in [-0.3, -0.25) is 13.9 Å². The lowest BCUT2D eigenvalue weighted by atomic mass is 10.0. The molecule has 0 fully saturated rings. The van der Waals surface area contributed by atoms with Crippen molar-refractivity contribution < 1.29 is 18.0 Å². The molecular weight excluding hydrogens is 558 g/mol. The number of sulfonamides is 1. The summed E-state index contributed by atoms with van der Waals surface area (Å²) < 4.78 is 29.3. The molecule has 1 N–H and O–H groups in total. The predicted molar refractivity (Wildman–Crippen MR) is 171 cm³/mol. The average Bonchev–Trinajstić information content (AvgIpc) is 2.99. The monoisotopic (exact) mass is 597 g/mol. The van der Waals surface area contributed by atoms with Gasteiger partial charge >= 0.3 is 0 Å². The maximum atomic E-state index is 14.4. The van der Waals surface area contributed by atoms with E-state index in [0.717, 1.165) is 32.1 Å². The van der Waals surface area contributed by atoms with Crippen molar-refractivity contribution in [1.29, 1.82) is 0 Å². The Hall–Kier alpha value is -4.43. The predicted octanol–water partition coefficient (Wildman–Crippen LogP) is 5.58. The second-order valence-corrected chi connectivity index (χ2v) is 12.6. The Bertz CT molecular complexity index is 1620. The molecule has 0 aliphatic heterocycles. The normalized spacial score (nSPS) is 11.9. The molecule has 0 saturated heterocycles. The van der Waals surface area contributed by atoms with E-state index in [1.807, 2.05) is 88.4 Å². The van der Waals surface area contributed by atoms with E-state index in [0.29, 0.717) is 12.2 Å². The van der Waals surface area contributed by atoms with Crippen molar-refractivity contribution in [3.05, 3.63) is 131 Å². The van der Waals surface area contributed by atoms with Gasteiger partial charge in [-0.05, 0) is 74.2 Å². The lowest BCUT2D eigenvalue weighted by Gasteiger charge is -2.34. The van der Waals surface area contributed by atoms with Crippen LogP contribution in [0.3, 0.4) is 0 Å². The van der Waals surface area contributed by atoms with Crippen LogP contribution in [0.2, 0.25) is 0 Å². The minimum atomic E-state index is -4.12. The van der Waals surface area contributed by atoms with Gasteiger partial charge in [0.15, 0.2) is 0 Å². The van der Waals surface area contributed by atoms with E-state index in [2.05, 4.69) is 5.32 Å². The van der Waals surface area contributed by atoms with Gasteiger partial charge < -0.3 is 10.2 Å². The number of carbonyl (C=O) groups excluding carboxylic acids is 2. The van der Waals surface area contributed by atoms with E-state index in [-0.39, 0.29) is 23.8 Å². The van der Waals surface area contributed by atoms with Crippen molar-refractivity contribution in [3.8, 4) is 0 Å². The smallest absolute Gasteiger partial charge is 0.264 e. The number of benzene rings is 4. The van der Waals surface area contributed by atoms with Crippen molar-refractivity contribution in [2.45, 2.75) is 51.6 Å². The molecule has 7 nitrogen and oxygen atoms in total. The zero-order valence-electron chi connectivity index (χ0n) is 25.2. The number of rotatable bonds is 12. The fraction of sp³-hybridized carbons (Fsp3) is 0.257. The van der Waals surface area contributed by atoms with Crippen molar-refractivity contribution >= 4 is 27.5 Å². The highest BCUT2D eigenvalue weighted by molar-refractivity contribution is 7.92. The van der Waals surface area contributed by atoms with Gasteiger partial charge in [0, 0.05) is 19.5 Å². The van der Waals surface area contributed by atoms with Crippen molar-refractivity contribution in [1.82, 2.24) is 10.2 Å². The van der Waals surface area contributed by atoms with E-state index >= 15 is 0 Å². The van der Waals surface area contributed by atoms with Crippen LogP contribution in [0.25, 0.3) is 0 Å². The molecule has 0 bridgehead atoms. The van der Waals surface area contributed by atoms with E-state index in [4.69, 9.17) is 0 Å². The lowest BCUT2D eigenvalue weighted by molar-refractivity contribution is -0.140. The molecule has 1 atom stereocenters. The molecule has 0 spiro atoms. The largest absolute Gasteiger partial charge is 0.355 e.